The zero-order valence-corrected chi connectivity index (χ0v) is 10.9. The summed E-state index contributed by atoms with van der Waals surface area (Å²) in [4.78, 5) is 26.9. The fourth-order valence-electron chi connectivity index (χ4n) is 1.09. The Hall–Kier alpha value is -2.11. The highest BCUT2D eigenvalue weighted by Gasteiger charge is 2.16. The number of hydrogen-bond donors (Lipinski definition) is 2. The maximum atomic E-state index is 11.6. The summed E-state index contributed by atoms with van der Waals surface area (Å²) in [5.74, 6) is -0.451. The predicted molar refractivity (Wildman–Crippen MR) is 65.8 cm³/mol. The summed E-state index contributed by atoms with van der Waals surface area (Å²) in [5.41, 5.74) is 4.96. The summed E-state index contributed by atoms with van der Waals surface area (Å²) >= 11 is 0. The molecule has 0 aliphatic rings. The van der Waals surface area contributed by atoms with Crippen LogP contribution in [0.3, 0.4) is 0 Å². The number of nitrogens with zero attached hydrogens (tertiary/aromatic N) is 1. The van der Waals surface area contributed by atoms with Gasteiger partial charge in [0, 0.05) is 11.9 Å². The molecule has 0 atom stereocenters. The molecule has 98 valence electrons. The number of aromatic nitrogens is 1. The number of pyridine rings is 1. The maximum Gasteiger partial charge on any atom is 0.426 e. The second kappa shape index (κ2) is 5.48. The van der Waals surface area contributed by atoms with Gasteiger partial charge in [0.05, 0.1) is 5.56 Å². The van der Waals surface area contributed by atoms with Crippen LogP contribution in [0.4, 0.5) is 4.79 Å². The molecule has 1 aromatic heterocycles. The molecule has 1 heterocycles. The van der Waals surface area contributed by atoms with Crippen LogP contribution in [0.15, 0.2) is 18.3 Å². The van der Waals surface area contributed by atoms with Crippen LogP contribution >= 0.6 is 0 Å². The van der Waals surface area contributed by atoms with Crippen LogP contribution < -0.4 is 10.9 Å². The number of carbonyl (C=O) groups is 2. The molecule has 0 aromatic carbocycles. The third kappa shape index (κ3) is 4.82. The summed E-state index contributed by atoms with van der Waals surface area (Å²) in [6, 6.07) is 3.33. The Balaban J connectivity index is 2.47. The van der Waals surface area contributed by atoms with Gasteiger partial charge in [0.25, 0.3) is 5.91 Å². The van der Waals surface area contributed by atoms with E-state index in [1.165, 1.54) is 6.20 Å². The Morgan fingerprint density at radius 2 is 1.89 bits per heavy atom. The van der Waals surface area contributed by atoms with Gasteiger partial charge >= 0.3 is 6.09 Å². The smallest absolute Gasteiger partial charge is 0.426 e. The number of nitrogens with one attached hydrogen (secondary N) is 2. The van der Waals surface area contributed by atoms with Crippen LogP contribution in [0.2, 0.25) is 0 Å². The van der Waals surface area contributed by atoms with E-state index in [0.717, 1.165) is 5.69 Å². The maximum absolute atomic E-state index is 11.6. The van der Waals surface area contributed by atoms with Gasteiger partial charge in [0.2, 0.25) is 0 Å². The third-order valence-electron chi connectivity index (χ3n) is 1.85. The van der Waals surface area contributed by atoms with Gasteiger partial charge in [-0.25, -0.2) is 10.2 Å². The van der Waals surface area contributed by atoms with Gasteiger partial charge in [-0.05, 0) is 39.8 Å². The lowest BCUT2D eigenvalue weighted by Crippen LogP contribution is -2.44. The number of hydrogen-bond acceptors (Lipinski definition) is 4. The van der Waals surface area contributed by atoms with Crippen molar-refractivity contribution in [2.45, 2.75) is 33.3 Å². The van der Waals surface area contributed by atoms with Crippen LogP contribution in [0.5, 0.6) is 0 Å². The molecular weight excluding hydrogens is 234 g/mol. The standard InChI is InChI=1S/C12H17N3O3/c1-8-5-6-9(7-13-8)10(16)14-15-11(17)18-12(2,3)4/h5-7H,1-4H3,(H,14,16)(H,15,17). The Morgan fingerprint density at radius 3 is 2.39 bits per heavy atom. The fraction of sp³-hybridized carbons (Fsp3) is 0.417. The fourth-order valence-corrected chi connectivity index (χ4v) is 1.09. The first-order valence-corrected chi connectivity index (χ1v) is 5.50. The van der Waals surface area contributed by atoms with Gasteiger partial charge in [-0.2, -0.15) is 0 Å². The van der Waals surface area contributed by atoms with Crippen LogP contribution in [0.25, 0.3) is 0 Å². The number of aryl methyl sites for hydroxylation is 1. The van der Waals surface area contributed by atoms with Crippen molar-refractivity contribution >= 4 is 12.0 Å². The Morgan fingerprint density at radius 1 is 1.22 bits per heavy atom. The summed E-state index contributed by atoms with van der Waals surface area (Å²) in [7, 11) is 0. The zero-order chi connectivity index (χ0) is 13.8. The van der Waals surface area contributed by atoms with Crippen molar-refractivity contribution < 1.29 is 14.3 Å². The molecule has 0 spiro atoms. The lowest BCUT2D eigenvalue weighted by atomic mass is 10.2. The Bertz CT molecular complexity index is 435. The van der Waals surface area contributed by atoms with E-state index in [1.54, 1.807) is 32.9 Å². The van der Waals surface area contributed by atoms with E-state index < -0.39 is 17.6 Å². The SMILES string of the molecule is Cc1ccc(C(=O)NNC(=O)OC(C)(C)C)cn1. The molecule has 0 saturated heterocycles. The van der Waals surface area contributed by atoms with E-state index >= 15 is 0 Å². The highest BCUT2D eigenvalue weighted by Crippen LogP contribution is 2.06. The third-order valence-corrected chi connectivity index (χ3v) is 1.85. The van der Waals surface area contributed by atoms with E-state index in [-0.39, 0.29) is 0 Å². The molecule has 0 fully saturated rings. The molecule has 0 bridgehead atoms. The molecule has 1 aromatic rings. The average molecular weight is 251 g/mol. The highest BCUT2D eigenvalue weighted by atomic mass is 16.6. The first kappa shape index (κ1) is 14.0. The summed E-state index contributed by atoms with van der Waals surface area (Å²) < 4.78 is 4.96. The molecule has 0 aliphatic heterocycles. The van der Waals surface area contributed by atoms with Crippen LogP contribution in [0, 0.1) is 6.92 Å². The molecule has 0 radical (unpaired) electrons. The molecule has 1 rings (SSSR count). The topological polar surface area (TPSA) is 80.3 Å². The zero-order valence-electron chi connectivity index (χ0n) is 10.9. The van der Waals surface area contributed by atoms with Crippen LogP contribution in [-0.4, -0.2) is 22.6 Å². The second-order valence-electron chi connectivity index (χ2n) is 4.77. The largest absolute Gasteiger partial charge is 0.443 e. The lowest BCUT2D eigenvalue weighted by molar-refractivity contribution is 0.0483. The van der Waals surface area contributed by atoms with Crippen molar-refractivity contribution in [1.82, 2.24) is 15.8 Å². The Kier molecular flexibility index (Phi) is 4.25. The monoisotopic (exact) mass is 251 g/mol. The minimum Gasteiger partial charge on any atom is -0.443 e. The number of ether oxygens (including phenoxy) is 1. The minimum absolute atomic E-state index is 0.358. The van der Waals surface area contributed by atoms with Gasteiger partial charge in [-0.15, -0.1) is 0 Å². The van der Waals surface area contributed by atoms with Crippen LogP contribution in [-0.2, 0) is 4.74 Å². The molecular formula is C12H17N3O3. The van der Waals surface area contributed by atoms with Crippen molar-refractivity contribution in [3.05, 3.63) is 29.6 Å². The predicted octanol–water partition coefficient (Wildman–Crippen LogP) is 1.56. The number of hydrazine groups is 1. The minimum atomic E-state index is -0.712. The summed E-state index contributed by atoms with van der Waals surface area (Å²) in [6.45, 7) is 7.02. The molecule has 2 N–H and O–H groups in total. The molecule has 6 nitrogen and oxygen atoms in total. The molecule has 2 amide bonds. The quantitative estimate of drug-likeness (QED) is 0.742. The Labute approximate surface area is 106 Å². The van der Waals surface area contributed by atoms with Gasteiger partial charge in [0.1, 0.15) is 5.60 Å². The number of carbonyl (C=O) groups excluding carboxylic acids is 2. The van der Waals surface area contributed by atoms with Gasteiger partial charge in [0.15, 0.2) is 0 Å². The van der Waals surface area contributed by atoms with E-state index in [1.807, 2.05) is 6.92 Å². The average Bonchev–Trinajstić information content (AvgIpc) is 2.24. The number of amides is 2. The lowest BCUT2D eigenvalue weighted by Gasteiger charge is -2.19. The van der Waals surface area contributed by atoms with Gasteiger partial charge < -0.3 is 4.74 Å². The normalized spacial score (nSPS) is 10.7. The molecule has 6 heteroatoms. The number of rotatable bonds is 1. The first-order valence-electron chi connectivity index (χ1n) is 5.50. The van der Waals surface area contributed by atoms with E-state index in [2.05, 4.69) is 15.8 Å². The molecule has 0 unspecified atom stereocenters. The van der Waals surface area contributed by atoms with Crippen molar-refractivity contribution in [2.75, 3.05) is 0 Å². The van der Waals surface area contributed by atoms with Gasteiger partial charge in [-0.3, -0.25) is 15.2 Å². The summed E-state index contributed by atoms with van der Waals surface area (Å²) in [5, 5.41) is 0. The van der Waals surface area contributed by atoms with Crippen molar-refractivity contribution in [3.63, 3.8) is 0 Å². The van der Waals surface area contributed by atoms with Crippen molar-refractivity contribution in [1.29, 1.82) is 0 Å². The van der Waals surface area contributed by atoms with Crippen LogP contribution in [0.1, 0.15) is 36.8 Å². The first-order chi connectivity index (χ1) is 8.28. The van der Waals surface area contributed by atoms with E-state index in [4.69, 9.17) is 4.74 Å². The molecule has 0 saturated carbocycles. The van der Waals surface area contributed by atoms with Crippen molar-refractivity contribution in [3.8, 4) is 0 Å². The van der Waals surface area contributed by atoms with E-state index in [9.17, 15) is 9.59 Å². The van der Waals surface area contributed by atoms with Crippen molar-refractivity contribution in [2.24, 2.45) is 0 Å². The second-order valence-corrected chi connectivity index (χ2v) is 4.77. The van der Waals surface area contributed by atoms with E-state index in [0.29, 0.717) is 5.56 Å². The molecule has 0 aliphatic carbocycles. The van der Waals surface area contributed by atoms with Gasteiger partial charge in [-0.1, -0.05) is 0 Å². The summed E-state index contributed by atoms with van der Waals surface area (Å²) in [6.07, 6.45) is 0.720. The highest BCUT2D eigenvalue weighted by molar-refractivity contribution is 5.94. The molecule has 18 heavy (non-hydrogen) atoms.